The van der Waals surface area contributed by atoms with E-state index in [1.165, 1.54) is 5.56 Å². The van der Waals surface area contributed by atoms with Crippen LogP contribution in [0.2, 0.25) is 10.0 Å². The van der Waals surface area contributed by atoms with Gasteiger partial charge in [-0.3, -0.25) is 0 Å². The van der Waals surface area contributed by atoms with Crippen molar-refractivity contribution >= 4 is 34.9 Å². The second kappa shape index (κ2) is 8.77. The van der Waals surface area contributed by atoms with Crippen molar-refractivity contribution in [3.63, 3.8) is 0 Å². The highest BCUT2D eigenvalue weighted by molar-refractivity contribution is 6.36. The summed E-state index contributed by atoms with van der Waals surface area (Å²) in [6.45, 7) is 2.54. The number of hydrogen-bond acceptors (Lipinski definition) is 2. The Kier molecular flexibility index (Phi) is 6.19. The Hall–Kier alpha value is -2.73. The van der Waals surface area contributed by atoms with Crippen LogP contribution in [0.3, 0.4) is 0 Å². The molecule has 134 valence electrons. The molecule has 0 aliphatic carbocycles. The summed E-state index contributed by atoms with van der Waals surface area (Å²) in [4.78, 5) is 0. The fraction of sp³-hybridized carbons (Fsp3) is 0.0870. The number of ether oxygens (including phenoxy) is 1. The Labute approximate surface area is 169 Å². The van der Waals surface area contributed by atoms with Crippen LogP contribution < -0.4 is 4.74 Å². The highest BCUT2D eigenvalue weighted by Gasteiger charge is 2.07. The Bertz CT molecular complexity index is 1020. The third kappa shape index (κ3) is 5.14. The lowest BCUT2D eigenvalue weighted by molar-refractivity contribution is 0.306. The van der Waals surface area contributed by atoms with Gasteiger partial charge in [-0.2, -0.15) is 5.26 Å². The predicted octanol–water partition coefficient (Wildman–Crippen LogP) is 6.95. The lowest BCUT2D eigenvalue weighted by Crippen LogP contribution is -1.95. The van der Waals surface area contributed by atoms with Crippen LogP contribution >= 0.6 is 23.2 Å². The average Bonchev–Trinajstić information content (AvgIpc) is 2.66. The van der Waals surface area contributed by atoms with E-state index >= 15 is 0 Å². The lowest BCUT2D eigenvalue weighted by Gasteiger charge is -2.08. The molecule has 0 aliphatic rings. The SMILES string of the molecule is Cc1ccc(COc2cccc(/C=C(\C#N)c3ccc(Cl)cc3Cl)c2)cc1. The molecular weight excluding hydrogens is 377 g/mol. The smallest absolute Gasteiger partial charge is 0.120 e. The van der Waals surface area contributed by atoms with E-state index in [2.05, 4.69) is 37.3 Å². The lowest BCUT2D eigenvalue weighted by atomic mass is 10.0. The van der Waals surface area contributed by atoms with Crippen LogP contribution in [0.1, 0.15) is 22.3 Å². The molecule has 0 atom stereocenters. The predicted molar refractivity (Wildman–Crippen MR) is 112 cm³/mol. The van der Waals surface area contributed by atoms with Gasteiger partial charge in [-0.25, -0.2) is 0 Å². The van der Waals surface area contributed by atoms with E-state index in [1.54, 1.807) is 24.3 Å². The topological polar surface area (TPSA) is 33.0 Å². The normalized spacial score (nSPS) is 11.1. The minimum absolute atomic E-state index is 0.446. The fourth-order valence-corrected chi connectivity index (χ4v) is 3.10. The van der Waals surface area contributed by atoms with Crippen molar-refractivity contribution in [3.05, 3.63) is 99.0 Å². The molecule has 0 aromatic heterocycles. The van der Waals surface area contributed by atoms with E-state index in [9.17, 15) is 5.26 Å². The van der Waals surface area contributed by atoms with Crippen molar-refractivity contribution in [1.29, 1.82) is 5.26 Å². The summed E-state index contributed by atoms with van der Waals surface area (Å²) < 4.78 is 5.88. The van der Waals surface area contributed by atoms with Gasteiger partial charge >= 0.3 is 0 Å². The van der Waals surface area contributed by atoms with Crippen LogP contribution in [-0.2, 0) is 6.61 Å². The molecule has 0 fully saturated rings. The molecule has 0 amide bonds. The molecule has 0 saturated heterocycles. The van der Waals surface area contributed by atoms with Gasteiger partial charge in [0.1, 0.15) is 12.4 Å². The summed E-state index contributed by atoms with van der Waals surface area (Å²) in [5.74, 6) is 0.740. The number of hydrogen-bond donors (Lipinski definition) is 0. The summed E-state index contributed by atoms with van der Waals surface area (Å²) in [6.07, 6.45) is 1.79. The molecule has 0 aliphatic heterocycles. The zero-order chi connectivity index (χ0) is 19.2. The number of benzene rings is 3. The Balaban J connectivity index is 1.80. The zero-order valence-electron chi connectivity index (χ0n) is 14.7. The minimum Gasteiger partial charge on any atom is -0.489 e. The van der Waals surface area contributed by atoms with Crippen LogP contribution in [-0.4, -0.2) is 0 Å². The summed E-state index contributed by atoms with van der Waals surface area (Å²) in [5, 5.41) is 10.5. The van der Waals surface area contributed by atoms with Crippen LogP contribution in [0, 0.1) is 18.3 Å². The monoisotopic (exact) mass is 393 g/mol. The van der Waals surface area contributed by atoms with Crippen molar-refractivity contribution in [1.82, 2.24) is 0 Å². The Morgan fingerprint density at radius 2 is 1.81 bits per heavy atom. The first-order valence-electron chi connectivity index (χ1n) is 8.41. The van der Waals surface area contributed by atoms with Crippen LogP contribution in [0.5, 0.6) is 5.75 Å². The van der Waals surface area contributed by atoms with Crippen molar-refractivity contribution in [3.8, 4) is 11.8 Å². The molecular formula is C23H17Cl2NO. The molecule has 3 aromatic rings. The average molecular weight is 394 g/mol. The molecule has 0 heterocycles. The van der Waals surface area contributed by atoms with E-state index in [0.29, 0.717) is 27.8 Å². The molecule has 3 aromatic carbocycles. The minimum atomic E-state index is 0.446. The maximum atomic E-state index is 9.54. The van der Waals surface area contributed by atoms with E-state index in [-0.39, 0.29) is 0 Å². The van der Waals surface area contributed by atoms with Gasteiger partial charge in [0.15, 0.2) is 0 Å². The molecule has 0 unspecified atom stereocenters. The van der Waals surface area contributed by atoms with Gasteiger partial charge in [0.2, 0.25) is 0 Å². The number of aryl methyl sites for hydroxylation is 1. The van der Waals surface area contributed by atoms with Gasteiger partial charge in [0, 0.05) is 10.6 Å². The molecule has 2 nitrogen and oxygen atoms in total. The van der Waals surface area contributed by atoms with Crippen LogP contribution in [0.4, 0.5) is 0 Å². The van der Waals surface area contributed by atoms with E-state index < -0.39 is 0 Å². The summed E-state index contributed by atoms with van der Waals surface area (Å²) in [7, 11) is 0. The molecule has 4 heteroatoms. The Morgan fingerprint density at radius 3 is 2.52 bits per heavy atom. The first-order chi connectivity index (χ1) is 13.0. The second-order valence-corrected chi connectivity index (χ2v) is 6.98. The molecule has 0 radical (unpaired) electrons. The van der Waals surface area contributed by atoms with E-state index in [4.69, 9.17) is 27.9 Å². The van der Waals surface area contributed by atoms with Gasteiger partial charge in [-0.1, -0.05) is 71.2 Å². The summed E-state index contributed by atoms with van der Waals surface area (Å²) in [5.41, 5.74) is 4.30. The van der Waals surface area contributed by atoms with Gasteiger partial charge < -0.3 is 4.74 Å². The third-order valence-electron chi connectivity index (χ3n) is 4.04. The largest absolute Gasteiger partial charge is 0.489 e. The van der Waals surface area contributed by atoms with Crippen molar-refractivity contribution in [2.45, 2.75) is 13.5 Å². The second-order valence-electron chi connectivity index (χ2n) is 6.14. The highest BCUT2D eigenvalue weighted by Crippen LogP contribution is 2.28. The highest BCUT2D eigenvalue weighted by atomic mass is 35.5. The molecule has 0 bridgehead atoms. The summed E-state index contributed by atoms with van der Waals surface area (Å²) in [6, 6.07) is 23.1. The maximum Gasteiger partial charge on any atom is 0.120 e. The van der Waals surface area contributed by atoms with Crippen LogP contribution in [0.25, 0.3) is 11.6 Å². The number of halogens is 2. The number of nitrogens with zero attached hydrogens (tertiary/aromatic N) is 1. The first kappa shape index (κ1) is 19.0. The Morgan fingerprint density at radius 1 is 1.04 bits per heavy atom. The third-order valence-corrected chi connectivity index (χ3v) is 4.58. The standard InChI is InChI=1S/C23H17Cl2NO/c1-16-5-7-17(8-6-16)15-27-21-4-2-3-18(12-21)11-19(14-26)22-10-9-20(24)13-23(22)25/h2-13H,15H2,1H3/b19-11+. The summed E-state index contributed by atoms with van der Waals surface area (Å²) >= 11 is 12.2. The van der Waals surface area contributed by atoms with Crippen molar-refractivity contribution < 1.29 is 4.74 Å². The number of rotatable bonds is 5. The van der Waals surface area contributed by atoms with Crippen LogP contribution in [0.15, 0.2) is 66.7 Å². The number of nitriles is 1. The van der Waals surface area contributed by atoms with E-state index in [0.717, 1.165) is 16.9 Å². The molecule has 0 spiro atoms. The van der Waals surface area contributed by atoms with E-state index in [1.807, 2.05) is 24.3 Å². The first-order valence-corrected chi connectivity index (χ1v) is 9.16. The van der Waals surface area contributed by atoms with Crippen molar-refractivity contribution in [2.75, 3.05) is 0 Å². The molecule has 0 saturated carbocycles. The van der Waals surface area contributed by atoms with Gasteiger partial charge in [-0.05, 0) is 48.4 Å². The molecule has 0 N–H and O–H groups in total. The van der Waals surface area contributed by atoms with Gasteiger partial charge in [0.05, 0.1) is 16.7 Å². The number of allylic oxidation sites excluding steroid dienone is 1. The van der Waals surface area contributed by atoms with Crippen molar-refractivity contribution in [2.24, 2.45) is 0 Å². The van der Waals surface area contributed by atoms with Gasteiger partial charge in [-0.15, -0.1) is 0 Å². The van der Waals surface area contributed by atoms with Gasteiger partial charge in [0.25, 0.3) is 0 Å². The quantitative estimate of drug-likeness (QED) is 0.347. The maximum absolute atomic E-state index is 9.54. The molecule has 3 rings (SSSR count). The fourth-order valence-electron chi connectivity index (χ4n) is 2.59. The zero-order valence-corrected chi connectivity index (χ0v) is 16.3. The molecule has 27 heavy (non-hydrogen) atoms.